The van der Waals surface area contributed by atoms with Gasteiger partial charge in [-0.15, -0.1) is 0 Å². The molecule has 22 heavy (non-hydrogen) atoms. The van der Waals surface area contributed by atoms with Crippen LogP contribution < -0.4 is 9.47 Å². The number of ether oxygens (including phenoxy) is 2. The van der Waals surface area contributed by atoms with Crippen molar-refractivity contribution in [2.24, 2.45) is 0 Å². The van der Waals surface area contributed by atoms with Crippen molar-refractivity contribution in [3.8, 4) is 11.5 Å². The summed E-state index contributed by atoms with van der Waals surface area (Å²) in [5.74, 6) is 1.04. The number of hydrogen-bond donors (Lipinski definition) is 1. The Morgan fingerprint density at radius 2 is 2.32 bits per heavy atom. The molecule has 0 bridgehead atoms. The summed E-state index contributed by atoms with van der Waals surface area (Å²) in [5.41, 5.74) is 2.19. The fraction of sp³-hybridized carbons (Fsp3) is 0.588. The molecule has 5 heteroatoms. The molecule has 1 saturated heterocycles. The van der Waals surface area contributed by atoms with Gasteiger partial charge in [0.05, 0.1) is 6.61 Å². The number of carboxylic acids is 1. The first kappa shape index (κ1) is 15.2. The maximum Gasteiger partial charge on any atom is 0.320 e. The SMILES string of the molecule is CCOc1cc2c(cc1CN1CCC[C@@H]1C(=O)O)O[C@H](C)C2. The van der Waals surface area contributed by atoms with E-state index in [1.165, 1.54) is 5.56 Å². The van der Waals surface area contributed by atoms with Crippen LogP contribution in [0.4, 0.5) is 0 Å². The lowest BCUT2D eigenvalue weighted by Gasteiger charge is -2.23. The molecule has 120 valence electrons. The van der Waals surface area contributed by atoms with Crippen LogP contribution in [0, 0.1) is 0 Å². The summed E-state index contributed by atoms with van der Waals surface area (Å²) in [6, 6.07) is 3.70. The molecule has 5 nitrogen and oxygen atoms in total. The number of aliphatic carboxylic acids is 1. The molecule has 1 fully saturated rings. The van der Waals surface area contributed by atoms with E-state index in [9.17, 15) is 9.90 Å². The van der Waals surface area contributed by atoms with Crippen molar-refractivity contribution < 1.29 is 19.4 Å². The second kappa shape index (κ2) is 6.16. The molecule has 0 aliphatic carbocycles. The highest BCUT2D eigenvalue weighted by Gasteiger charge is 2.31. The Morgan fingerprint density at radius 1 is 1.50 bits per heavy atom. The highest BCUT2D eigenvalue weighted by Crippen LogP contribution is 2.36. The van der Waals surface area contributed by atoms with Crippen LogP contribution in [0.25, 0.3) is 0 Å². The first-order valence-corrected chi connectivity index (χ1v) is 8.00. The third-order valence-electron chi connectivity index (χ3n) is 4.40. The van der Waals surface area contributed by atoms with Crippen LogP contribution in [0.3, 0.4) is 0 Å². The van der Waals surface area contributed by atoms with Gasteiger partial charge in [-0.05, 0) is 45.4 Å². The van der Waals surface area contributed by atoms with E-state index in [4.69, 9.17) is 9.47 Å². The summed E-state index contributed by atoms with van der Waals surface area (Å²) in [5, 5.41) is 9.33. The molecule has 0 unspecified atom stereocenters. The Bertz CT molecular complexity index is 572. The fourth-order valence-electron chi connectivity index (χ4n) is 3.41. The highest BCUT2D eigenvalue weighted by atomic mass is 16.5. The highest BCUT2D eigenvalue weighted by molar-refractivity contribution is 5.73. The summed E-state index contributed by atoms with van der Waals surface area (Å²) in [7, 11) is 0. The van der Waals surface area contributed by atoms with Gasteiger partial charge < -0.3 is 14.6 Å². The van der Waals surface area contributed by atoms with Crippen LogP contribution in [0.15, 0.2) is 12.1 Å². The number of fused-ring (bicyclic) bond motifs is 1. The molecule has 0 amide bonds. The summed E-state index contributed by atoms with van der Waals surface area (Å²) < 4.78 is 11.6. The van der Waals surface area contributed by atoms with Gasteiger partial charge in [-0.25, -0.2) is 0 Å². The molecular weight excluding hydrogens is 282 g/mol. The number of carbonyl (C=O) groups is 1. The van der Waals surface area contributed by atoms with Crippen molar-refractivity contribution >= 4 is 5.97 Å². The molecule has 0 radical (unpaired) electrons. The topological polar surface area (TPSA) is 59.0 Å². The lowest BCUT2D eigenvalue weighted by atomic mass is 10.1. The number of rotatable bonds is 5. The average molecular weight is 305 g/mol. The van der Waals surface area contributed by atoms with E-state index >= 15 is 0 Å². The standard InChI is InChI=1S/C17H23NO4/c1-3-21-15-8-12-7-11(2)22-16(12)9-13(15)10-18-6-4-5-14(18)17(19)20/h8-9,11,14H,3-7,10H2,1-2H3,(H,19,20)/t11-,14-/m1/s1. The molecule has 1 aromatic carbocycles. The largest absolute Gasteiger partial charge is 0.494 e. The normalized spacial score (nSPS) is 24.1. The quantitative estimate of drug-likeness (QED) is 0.905. The van der Waals surface area contributed by atoms with Crippen molar-refractivity contribution in [3.63, 3.8) is 0 Å². The van der Waals surface area contributed by atoms with Gasteiger partial charge in [0.15, 0.2) is 0 Å². The molecule has 2 heterocycles. The summed E-state index contributed by atoms with van der Waals surface area (Å²) >= 11 is 0. The third kappa shape index (κ3) is 2.90. The summed E-state index contributed by atoms with van der Waals surface area (Å²) in [6.07, 6.45) is 2.74. The van der Waals surface area contributed by atoms with Gasteiger partial charge in [0.1, 0.15) is 23.6 Å². The fourth-order valence-corrected chi connectivity index (χ4v) is 3.41. The van der Waals surface area contributed by atoms with Crippen LogP contribution in [0.1, 0.15) is 37.8 Å². The second-order valence-electron chi connectivity index (χ2n) is 6.10. The van der Waals surface area contributed by atoms with E-state index in [1.54, 1.807) is 0 Å². The summed E-state index contributed by atoms with van der Waals surface area (Å²) in [6.45, 7) is 6.03. The first-order valence-electron chi connectivity index (χ1n) is 8.00. The molecule has 3 rings (SSSR count). The maximum atomic E-state index is 11.3. The zero-order valence-electron chi connectivity index (χ0n) is 13.2. The minimum absolute atomic E-state index is 0.193. The van der Waals surface area contributed by atoms with Crippen molar-refractivity contribution in [1.29, 1.82) is 0 Å². The average Bonchev–Trinajstić information content (AvgIpc) is 3.05. The van der Waals surface area contributed by atoms with E-state index < -0.39 is 5.97 Å². The van der Waals surface area contributed by atoms with Crippen molar-refractivity contribution in [2.45, 2.75) is 51.8 Å². The molecule has 0 aromatic heterocycles. The molecule has 0 saturated carbocycles. The lowest BCUT2D eigenvalue weighted by Crippen LogP contribution is -2.35. The predicted octanol–water partition coefficient (Wildman–Crippen LogP) is 2.46. The van der Waals surface area contributed by atoms with Gasteiger partial charge in [0, 0.05) is 24.1 Å². The van der Waals surface area contributed by atoms with Crippen LogP contribution in [-0.2, 0) is 17.8 Å². The number of carboxylic acid groups (broad SMARTS) is 1. The molecule has 1 N–H and O–H groups in total. The van der Waals surface area contributed by atoms with E-state index in [-0.39, 0.29) is 12.1 Å². The summed E-state index contributed by atoms with van der Waals surface area (Å²) in [4.78, 5) is 13.4. The molecule has 2 aliphatic rings. The maximum absolute atomic E-state index is 11.3. The van der Waals surface area contributed by atoms with E-state index in [2.05, 4.69) is 13.0 Å². The molecular formula is C17H23NO4. The van der Waals surface area contributed by atoms with Crippen molar-refractivity contribution in [3.05, 3.63) is 23.3 Å². The van der Waals surface area contributed by atoms with Gasteiger partial charge >= 0.3 is 5.97 Å². The monoisotopic (exact) mass is 305 g/mol. The Balaban J connectivity index is 1.86. The van der Waals surface area contributed by atoms with E-state index in [1.807, 2.05) is 17.9 Å². The zero-order valence-corrected chi connectivity index (χ0v) is 13.2. The van der Waals surface area contributed by atoms with Gasteiger partial charge in [0.25, 0.3) is 0 Å². The molecule has 0 spiro atoms. The van der Waals surface area contributed by atoms with Crippen LogP contribution in [0.5, 0.6) is 11.5 Å². The molecule has 2 atom stereocenters. The Kier molecular flexibility index (Phi) is 4.25. The van der Waals surface area contributed by atoms with E-state index in [0.717, 1.165) is 42.9 Å². The van der Waals surface area contributed by atoms with Crippen LogP contribution in [-0.4, -0.2) is 41.3 Å². The minimum Gasteiger partial charge on any atom is -0.494 e. The third-order valence-corrected chi connectivity index (χ3v) is 4.40. The number of benzene rings is 1. The smallest absolute Gasteiger partial charge is 0.320 e. The van der Waals surface area contributed by atoms with Gasteiger partial charge in [-0.2, -0.15) is 0 Å². The predicted molar refractivity (Wildman–Crippen MR) is 82.5 cm³/mol. The van der Waals surface area contributed by atoms with Gasteiger partial charge in [-0.3, -0.25) is 9.69 Å². The Morgan fingerprint density at radius 3 is 3.05 bits per heavy atom. The van der Waals surface area contributed by atoms with E-state index in [0.29, 0.717) is 13.2 Å². The number of nitrogens with zero attached hydrogens (tertiary/aromatic N) is 1. The lowest BCUT2D eigenvalue weighted by molar-refractivity contribution is -0.142. The van der Waals surface area contributed by atoms with Crippen LogP contribution in [0.2, 0.25) is 0 Å². The number of hydrogen-bond acceptors (Lipinski definition) is 4. The minimum atomic E-state index is -0.735. The molecule has 1 aromatic rings. The Labute approximate surface area is 130 Å². The zero-order chi connectivity index (χ0) is 15.7. The second-order valence-corrected chi connectivity index (χ2v) is 6.10. The van der Waals surface area contributed by atoms with Crippen molar-refractivity contribution in [1.82, 2.24) is 4.90 Å². The number of likely N-dealkylation sites (tertiary alicyclic amines) is 1. The Hall–Kier alpha value is -1.75. The first-order chi connectivity index (χ1) is 10.6. The van der Waals surface area contributed by atoms with Crippen LogP contribution >= 0.6 is 0 Å². The molecule has 2 aliphatic heterocycles. The van der Waals surface area contributed by atoms with Gasteiger partial charge in [0.2, 0.25) is 0 Å². The van der Waals surface area contributed by atoms with Gasteiger partial charge in [-0.1, -0.05) is 0 Å². The van der Waals surface area contributed by atoms with Crippen molar-refractivity contribution in [2.75, 3.05) is 13.2 Å².